The molecule has 0 spiro atoms. The molecule has 8 nitrogen and oxygen atoms in total. The highest BCUT2D eigenvalue weighted by Gasteiger charge is 2.31. The normalized spacial score (nSPS) is 16.6. The molecule has 1 aliphatic rings. The lowest BCUT2D eigenvalue weighted by atomic mass is 9.99. The van der Waals surface area contributed by atoms with E-state index < -0.39 is 10.0 Å². The minimum absolute atomic E-state index is 0.236. The Bertz CT molecular complexity index is 1050. The Morgan fingerprint density at radius 3 is 2.81 bits per heavy atom. The van der Waals surface area contributed by atoms with E-state index in [1.807, 2.05) is 6.92 Å². The van der Waals surface area contributed by atoms with Gasteiger partial charge in [-0.1, -0.05) is 6.07 Å². The third-order valence-corrected chi connectivity index (χ3v) is 7.16. The first kappa shape index (κ1) is 18.2. The first-order chi connectivity index (χ1) is 13.0. The van der Waals surface area contributed by atoms with Crippen LogP contribution in [0, 0.1) is 12.8 Å². The van der Waals surface area contributed by atoms with Crippen molar-refractivity contribution in [3.8, 4) is 5.88 Å². The first-order valence-corrected chi connectivity index (χ1v) is 10.8. The van der Waals surface area contributed by atoms with Gasteiger partial charge in [-0.15, -0.1) is 0 Å². The van der Waals surface area contributed by atoms with E-state index in [1.165, 1.54) is 10.6 Å². The fraction of sp³-hybridized carbons (Fsp3) is 0.412. The average Bonchev–Trinajstić information content (AvgIpc) is 3.15. The maximum Gasteiger partial charge on any atom is 0.245 e. The standard InChI is InChI=1S/C17H19N5O3S2/c1-12-9-16(19-11-18-12)25-10-13-5-7-22(8-6-13)27(23,24)15-4-2-3-14-17(15)21-26-20-14/h2-4,9,11,13H,5-8,10H2,1H3. The number of nitrogens with zero attached hydrogens (tertiary/aromatic N) is 5. The third kappa shape index (κ3) is 3.78. The van der Waals surface area contributed by atoms with Crippen molar-refractivity contribution in [1.82, 2.24) is 23.0 Å². The molecule has 1 fully saturated rings. The molecule has 0 N–H and O–H groups in total. The molecule has 0 atom stereocenters. The largest absolute Gasteiger partial charge is 0.477 e. The van der Waals surface area contributed by atoms with Gasteiger partial charge in [0.15, 0.2) is 0 Å². The van der Waals surface area contributed by atoms with Crippen molar-refractivity contribution in [3.05, 3.63) is 36.3 Å². The number of rotatable bonds is 5. The van der Waals surface area contributed by atoms with Crippen molar-refractivity contribution >= 4 is 32.8 Å². The van der Waals surface area contributed by atoms with E-state index in [-0.39, 0.29) is 4.90 Å². The van der Waals surface area contributed by atoms with Crippen LogP contribution in [0.2, 0.25) is 0 Å². The molecule has 0 amide bonds. The van der Waals surface area contributed by atoms with Crippen LogP contribution < -0.4 is 4.74 Å². The minimum Gasteiger partial charge on any atom is -0.477 e. The van der Waals surface area contributed by atoms with Crippen molar-refractivity contribution in [3.63, 3.8) is 0 Å². The number of ether oxygens (including phenoxy) is 1. The molecule has 0 aliphatic carbocycles. The van der Waals surface area contributed by atoms with Gasteiger partial charge in [0.1, 0.15) is 22.3 Å². The van der Waals surface area contributed by atoms with Crippen LogP contribution in [0.1, 0.15) is 18.5 Å². The van der Waals surface area contributed by atoms with Gasteiger partial charge in [-0.2, -0.15) is 13.1 Å². The van der Waals surface area contributed by atoms with Crippen LogP contribution in [-0.2, 0) is 10.0 Å². The highest BCUT2D eigenvalue weighted by atomic mass is 32.2. The van der Waals surface area contributed by atoms with Crippen LogP contribution in [0.5, 0.6) is 5.88 Å². The summed E-state index contributed by atoms with van der Waals surface area (Å²) in [4.78, 5) is 8.37. The lowest BCUT2D eigenvalue weighted by molar-refractivity contribution is 0.180. The van der Waals surface area contributed by atoms with E-state index in [9.17, 15) is 8.42 Å². The molecular formula is C17H19N5O3S2. The van der Waals surface area contributed by atoms with E-state index in [2.05, 4.69) is 18.7 Å². The molecule has 10 heteroatoms. The second-order valence-corrected chi connectivity index (χ2v) is 8.98. The zero-order valence-corrected chi connectivity index (χ0v) is 16.4. The molecule has 1 saturated heterocycles. The van der Waals surface area contributed by atoms with E-state index in [4.69, 9.17) is 4.74 Å². The monoisotopic (exact) mass is 405 g/mol. The van der Waals surface area contributed by atoms with Crippen LogP contribution in [-0.4, -0.2) is 51.1 Å². The van der Waals surface area contributed by atoms with Gasteiger partial charge >= 0.3 is 0 Å². The first-order valence-electron chi connectivity index (χ1n) is 8.67. The van der Waals surface area contributed by atoms with E-state index in [1.54, 1.807) is 24.3 Å². The van der Waals surface area contributed by atoms with Crippen molar-refractivity contribution < 1.29 is 13.2 Å². The highest BCUT2D eigenvalue weighted by molar-refractivity contribution is 7.89. The molecule has 142 valence electrons. The molecule has 0 saturated carbocycles. The van der Waals surface area contributed by atoms with Gasteiger partial charge in [-0.05, 0) is 37.8 Å². The molecule has 2 aromatic heterocycles. The van der Waals surface area contributed by atoms with Gasteiger partial charge in [0.25, 0.3) is 0 Å². The molecular weight excluding hydrogens is 386 g/mol. The number of hydrogen-bond donors (Lipinski definition) is 0. The van der Waals surface area contributed by atoms with E-state index >= 15 is 0 Å². The quantitative estimate of drug-likeness (QED) is 0.642. The Kier molecular flexibility index (Phi) is 5.02. The Labute approximate surface area is 161 Å². The summed E-state index contributed by atoms with van der Waals surface area (Å²) in [5.74, 6) is 0.851. The van der Waals surface area contributed by atoms with Crippen LogP contribution in [0.25, 0.3) is 11.0 Å². The van der Waals surface area contributed by atoms with E-state index in [0.717, 1.165) is 30.3 Å². The highest BCUT2D eigenvalue weighted by Crippen LogP contribution is 2.28. The Balaban J connectivity index is 1.40. The molecule has 27 heavy (non-hydrogen) atoms. The summed E-state index contributed by atoms with van der Waals surface area (Å²) in [6.07, 6.45) is 2.97. The molecule has 3 heterocycles. The summed E-state index contributed by atoms with van der Waals surface area (Å²) >= 11 is 1.03. The molecule has 0 unspecified atom stereocenters. The van der Waals surface area contributed by atoms with Crippen LogP contribution in [0.3, 0.4) is 0 Å². The zero-order valence-electron chi connectivity index (χ0n) is 14.8. The van der Waals surface area contributed by atoms with Gasteiger partial charge < -0.3 is 4.74 Å². The molecule has 0 radical (unpaired) electrons. The van der Waals surface area contributed by atoms with Crippen LogP contribution in [0.15, 0.2) is 35.5 Å². The number of hydrogen-bond acceptors (Lipinski definition) is 8. The molecule has 4 rings (SSSR count). The summed E-state index contributed by atoms with van der Waals surface area (Å²) in [5.41, 5.74) is 1.92. The third-order valence-electron chi connectivity index (χ3n) is 4.69. The Morgan fingerprint density at radius 1 is 1.22 bits per heavy atom. The number of fused-ring (bicyclic) bond motifs is 1. The molecule has 0 bridgehead atoms. The summed E-state index contributed by atoms with van der Waals surface area (Å²) in [6.45, 7) is 3.34. The fourth-order valence-corrected chi connectivity index (χ4v) is 5.38. The molecule has 1 aliphatic heterocycles. The number of piperidine rings is 1. The van der Waals surface area contributed by atoms with Crippen molar-refractivity contribution in [2.75, 3.05) is 19.7 Å². The Morgan fingerprint density at radius 2 is 2.04 bits per heavy atom. The van der Waals surface area contributed by atoms with Gasteiger partial charge in [0.2, 0.25) is 15.9 Å². The number of benzene rings is 1. The Hall–Kier alpha value is -2.17. The van der Waals surface area contributed by atoms with Crippen LogP contribution >= 0.6 is 11.7 Å². The van der Waals surface area contributed by atoms with Gasteiger partial charge in [0.05, 0.1) is 18.3 Å². The molecule has 3 aromatic rings. The second kappa shape index (κ2) is 7.45. The number of aromatic nitrogens is 4. The van der Waals surface area contributed by atoms with Gasteiger partial charge in [0, 0.05) is 24.8 Å². The maximum atomic E-state index is 13.0. The van der Waals surface area contributed by atoms with Crippen molar-refractivity contribution in [2.45, 2.75) is 24.7 Å². The summed E-state index contributed by atoms with van der Waals surface area (Å²) in [5, 5.41) is 0. The zero-order chi connectivity index (χ0) is 18.9. The number of aryl methyl sites for hydroxylation is 1. The number of sulfonamides is 1. The fourth-order valence-electron chi connectivity index (χ4n) is 3.16. The van der Waals surface area contributed by atoms with E-state index in [0.29, 0.717) is 42.5 Å². The predicted molar refractivity (Wildman–Crippen MR) is 101 cm³/mol. The smallest absolute Gasteiger partial charge is 0.245 e. The van der Waals surface area contributed by atoms with Crippen molar-refractivity contribution in [1.29, 1.82) is 0 Å². The van der Waals surface area contributed by atoms with Crippen LogP contribution in [0.4, 0.5) is 0 Å². The average molecular weight is 406 g/mol. The van der Waals surface area contributed by atoms with Gasteiger partial charge in [-0.25, -0.2) is 18.4 Å². The topological polar surface area (TPSA) is 98.2 Å². The minimum atomic E-state index is -3.58. The summed E-state index contributed by atoms with van der Waals surface area (Å²) < 4.78 is 41.6. The predicted octanol–water partition coefficient (Wildman–Crippen LogP) is 2.27. The SMILES string of the molecule is Cc1cc(OCC2CCN(S(=O)(=O)c3cccc4nsnc34)CC2)ncn1. The van der Waals surface area contributed by atoms with Gasteiger partial charge in [-0.3, -0.25) is 0 Å². The lowest BCUT2D eigenvalue weighted by Crippen LogP contribution is -2.39. The molecule has 1 aromatic carbocycles. The second-order valence-electron chi connectivity index (χ2n) is 6.54. The summed E-state index contributed by atoms with van der Waals surface area (Å²) in [7, 11) is -3.58. The summed E-state index contributed by atoms with van der Waals surface area (Å²) in [6, 6.07) is 6.88. The lowest BCUT2D eigenvalue weighted by Gasteiger charge is -2.31. The van der Waals surface area contributed by atoms with Crippen molar-refractivity contribution in [2.24, 2.45) is 5.92 Å². The maximum absolute atomic E-state index is 13.0.